The van der Waals surface area contributed by atoms with Gasteiger partial charge in [-0.25, -0.2) is 4.98 Å². The quantitative estimate of drug-likeness (QED) is 0.0927. The van der Waals surface area contributed by atoms with Crippen LogP contribution < -0.4 is 11.1 Å². The van der Waals surface area contributed by atoms with Crippen molar-refractivity contribution in [2.45, 2.75) is 43.9 Å². The summed E-state index contributed by atoms with van der Waals surface area (Å²) in [6.07, 6.45) is 12.1. The summed E-state index contributed by atoms with van der Waals surface area (Å²) in [6.45, 7) is 4.07. The molecule has 272 valence electrons. The third-order valence-electron chi connectivity index (χ3n) is 10.8. The fourth-order valence-corrected chi connectivity index (χ4v) is 8.21. The molecular formula is C47H46N4O3. The number of ketones is 1. The molecular weight excluding hydrogens is 669 g/mol. The number of imidazole rings is 1. The lowest BCUT2D eigenvalue weighted by molar-refractivity contribution is -0.143. The Hall–Kier alpha value is -5.89. The molecule has 0 amide bonds. The summed E-state index contributed by atoms with van der Waals surface area (Å²) in [5.74, 6) is -1.21. The lowest BCUT2D eigenvalue weighted by Crippen LogP contribution is -2.53. The number of ether oxygens (including phenoxy) is 1. The van der Waals surface area contributed by atoms with Gasteiger partial charge in [0.25, 0.3) is 0 Å². The lowest BCUT2D eigenvalue weighted by Gasteiger charge is -2.43. The second-order valence-corrected chi connectivity index (χ2v) is 14.6. The number of allylic oxidation sites excluding steroid dienone is 2. The predicted octanol–water partition coefficient (Wildman–Crippen LogP) is 8.09. The number of fused-ring (bicyclic) bond motifs is 1. The lowest BCUT2D eigenvalue weighted by atomic mass is 9.65. The molecule has 7 rings (SSSR count). The summed E-state index contributed by atoms with van der Waals surface area (Å²) >= 11 is 0. The average Bonchev–Trinajstić information content (AvgIpc) is 3.70. The molecule has 5 aromatic carbocycles. The van der Waals surface area contributed by atoms with Gasteiger partial charge in [-0.15, -0.1) is 0 Å². The highest BCUT2D eigenvalue weighted by molar-refractivity contribution is 5.93. The van der Waals surface area contributed by atoms with Gasteiger partial charge >= 0.3 is 5.97 Å². The minimum atomic E-state index is -0.960. The van der Waals surface area contributed by atoms with Gasteiger partial charge < -0.3 is 15.0 Å². The number of hydrogen-bond donors (Lipinski definition) is 2. The van der Waals surface area contributed by atoms with Crippen molar-refractivity contribution in [2.75, 3.05) is 7.11 Å². The van der Waals surface area contributed by atoms with Gasteiger partial charge in [0.2, 0.25) is 0 Å². The molecule has 1 aliphatic carbocycles. The van der Waals surface area contributed by atoms with Gasteiger partial charge in [0.15, 0.2) is 0 Å². The van der Waals surface area contributed by atoms with E-state index in [1.54, 1.807) is 0 Å². The number of nitrogens with zero attached hydrogens (tertiary/aromatic N) is 2. The Morgan fingerprint density at radius 1 is 0.815 bits per heavy atom. The summed E-state index contributed by atoms with van der Waals surface area (Å²) in [6, 6.07) is 45.0. The number of aromatic nitrogens is 2. The molecule has 0 bridgehead atoms. The number of carbonyl (C=O) groups is 2. The van der Waals surface area contributed by atoms with Gasteiger partial charge in [-0.05, 0) is 39.4 Å². The molecule has 3 atom stereocenters. The second kappa shape index (κ2) is 15.2. The van der Waals surface area contributed by atoms with Crippen LogP contribution in [-0.2, 0) is 31.9 Å². The first kappa shape index (κ1) is 36.5. The number of methoxy groups -OCH3 is 1. The van der Waals surface area contributed by atoms with Crippen LogP contribution in [0.4, 0.5) is 0 Å². The van der Waals surface area contributed by atoms with Crippen LogP contribution in [0.25, 0.3) is 10.8 Å². The number of nitrogens with one attached hydrogen (secondary N) is 1. The van der Waals surface area contributed by atoms with E-state index in [0.29, 0.717) is 6.54 Å². The van der Waals surface area contributed by atoms with Crippen molar-refractivity contribution in [3.8, 4) is 0 Å². The molecule has 3 unspecified atom stereocenters. The Balaban J connectivity index is 1.33. The first-order chi connectivity index (χ1) is 26.2. The average molecular weight is 715 g/mol. The van der Waals surface area contributed by atoms with Gasteiger partial charge in [0.1, 0.15) is 17.4 Å². The maximum absolute atomic E-state index is 14.9. The van der Waals surface area contributed by atoms with Crippen molar-refractivity contribution in [3.63, 3.8) is 0 Å². The molecule has 1 aromatic heterocycles. The van der Waals surface area contributed by atoms with Crippen molar-refractivity contribution in [1.29, 1.82) is 0 Å². The van der Waals surface area contributed by atoms with E-state index in [0.717, 1.165) is 38.7 Å². The van der Waals surface area contributed by atoms with Gasteiger partial charge in [0.05, 0.1) is 30.6 Å². The van der Waals surface area contributed by atoms with Crippen molar-refractivity contribution >= 4 is 22.5 Å². The number of nitrogens with two attached hydrogens (primary N) is 1. The number of Topliss-reactive ketones (excluding diaryl/α,β-unsaturated/α-hetero) is 1. The summed E-state index contributed by atoms with van der Waals surface area (Å²) < 4.78 is 7.12. The van der Waals surface area contributed by atoms with Crippen LogP contribution in [0, 0.1) is 11.3 Å². The number of carbonyl (C=O) groups excluding carboxylic acids is 2. The summed E-state index contributed by atoms with van der Waals surface area (Å²) in [5.41, 5.74) is 8.71. The van der Waals surface area contributed by atoms with E-state index >= 15 is 0 Å². The topological polar surface area (TPSA) is 99.2 Å². The highest BCUT2D eigenvalue weighted by atomic mass is 16.5. The Labute approximate surface area is 317 Å². The van der Waals surface area contributed by atoms with Crippen LogP contribution in [0.2, 0.25) is 0 Å². The molecule has 3 N–H and O–H groups in total. The van der Waals surface area contributed by atoms with E-state index in [1.165, 1.54) is 7.11 Å². The molecule has 0 saturated heterocycles. The van der Waals surface area contributed by atoms with E-state index in [-0.39, 0.29) is 12.2 Å². The Morgan fingerprint density at radius 3 is 2.00 bits per heavy atom. The van der Waals surface area contributed by atoms with Crippen molar-refractivity contribution in [2.24, 2.45) is 17.1 Å². The molecule has 54 heavy (non-hydrogen) atoms. The molecule has 0 aliphatic heterocycles. The van der Waals surface area contributed by atoms with Crippen LogP contribution >= 0.6 is 0 Å². The zero-order chi connectivity index (χ0) is 37.8. The van der Waals surface area contributed by atoms with Gasteiger partial charge in [0, 0.05) is 18.2 Å². The first-order valence-corrected chi connectivity index (χ1v) is 18.4. The van der Waals surface area contributed by atoms with Crippen molar-refractivity contribution < 1.29 is 14.3 Å². The number of benzene rings is 5. The molecule has 6 aromatic rings. The van der Waals surface area contributed by atoms with Crippen LogP contribution in [-0.4, -0.2) is 34.5 Å². The van der Waals surface area contributed by atoms with Crippen molar-refractivity contribution in [3.05, 3.63) is 198 Å². The van der Waals surface area contributed by atoms with E-state index < -0.39 is 34.4 Å². The SMILES string of the molecule is COC(=O)C(N)CC(C)(C)C(=O)C1C=CC=CC1(NCc1cn(C(c2ccccc2)(c2ccccc2)c2ccccc2)cn1)c1cccc2ccccc12. The van der Waals surface area contributed by atoms with E-state index in [9.17, 15) is 9.59 Å². The molecule has 0 spiro atoms. The van der Waals surface area contributed by atoms with Crippen LogP contribution in [0.15, 0.2) is 170 Å². The molecule has 0 fully saturated rings. The van der Waals surface area contributed by atoms with Gasteiger partial charge in [-0.2, -0.15) is 0 Å². The molecule has 7 nitrogen and oxygen atoms in total. The minimum absolute atomic E-state index is 0.0373. The largest absolute Gasteiger partial charge is 0.468 e. The smallest absolute Gasteiger partial charge is 0.322 e. The standard InChI is InChI=1S/C47H46N4O3/c1-45(2,30-42(48)44(53)54-3)43(52)41-27-15-16-29-46(41,40-28-17-19-34-18-13-14-26-39(34)40)50-31-38-32-51(33-49-38)47(35-20-7-4-8-21-35,36-22-9-5-10-23-36)37-24-11-6-12-25-37/h4-29,32-33,41-42,50H,30-31,48H2,1-3H3. The summed E-state index contributed by atoms with van der Waals surface area (Å²) in [5, 5.41) is 5.98. The monoisotopic (exact) mass is 714 g/mol. The van der Waals surface area contributed by atoms with Crippen molar-refractivity contribution in [1.82, 2.24) is 14.9 Å². The Kier molecular flexibility index (Phi) is 10.3. The van der Waals surface area contributed by atoms with Gasteiger partial charge in [-0.3, -0.25) is 14.9 Å². The molecule has 1 aliphatic rings. The second-order valence-electron chi connectivity index (χ2n) is 14.6. The van der Waals surface area contributed by atoms with Crippen LogP contribution in [0.5, 0.6) is 0 Å². The minimum Gasteiger partial charge on any atom is -0.468 e. The zero-order valence-corrected chi connectivity index (χ0v) is 30.9. The highest BCUT2D eigenvalue weighted by Crippen LogP contribution is 2.44. The first-order valence-electron chi connectivity index (χ1n) is 18.4. The van der Waals surface area contributed by atoms with E-state index in [4.69, 9.17) is 15.5 Å². The summed E-state index contributed by atoms with van der Waals surface area (Å²) in [4.78, 5) is 32.3. The number of hydrogen-bond acceptors (Lipinski definition) is 6. The third kappa shape index (κ3) is 6.61. The van der Waals surface area contributed by atoms with Gasteiger partial charge in [-0.1, -0.05) is 172 Å². The Bertz CT molecular complexity index is 2190. The maximum atomic E-state index is 14.9. The number of rotatable bonds is 13. The predicted molar refractivity (Wildman–Crippen MR) is 214 cm³/mol. The summed E-state index contributed by atoms with van der Waals surface area (Å²) in [7, 11) is 1.31. The molecule has 7 heteroatoms. The van der Waals surface area contributed by atoms with Crippen LogP contribution in [0.3, 0.4) is 0 Å². The number of esters is 1. The van der Waals surface area contributed by atoms with E-state index in [1.807, 2.05) is 74.8 Å². The third-order valence-corrected chi connectivity index (χ3v) is 10.8. The normalized spacial score (nSPS) is 17.7. The van der Waals surface area contributed by atoms with Crippen LogP contribution in [0.1, 0.15) is 48.2 Å². The van der Waals surface area contributed by atoms with E-state index in [2.05, 4.69) is 119 Å². The molecule has 1 heterocycles. The Morgan fingerprint density at radius 2 is 1.39 bits per heavy atom. The fourth-order valence-electron chi connectivity index (χ4n) is 8.21. The molecule has 0 radical (unpaired) electrons. The molecule has 0 saturated carbocycles. The zero-order valence-electron chi connectivity index (χ0n) is 30.9. The highest BCUT2D eigenvalue weighted by Gasteiger charge is 2.48. The maximum Gasteiger partial charge on any atom is 0.322 e. The fraction of sp³-hybridized carbons (Fsp3) is 0.213.